The lowest BCUT2D eigenvalue weighted by Crippen LogP contribution is -2.08. The second kappa shape index (κ2) is 7.76. The van der Waals surface area contributed by atoms with Gasteiger partial charge in [0.1, 0.15) is 5.78 Å². The lowest BCUT2D eigenvalue weighted by atomic mass is 9.89. The van der Waals surface area contributed by atoms with Crippen LogP contribution >= 0.6 is 0 Å². The van der Waals surface area contributed by atoms with Crippen molar-refractivity contribution in [2.75, 3.05) is 0 Å². The Labute approximate surface area is 114 Å². The monoisotopic (exact) mass is 252 g/mol. The third-order valence-corrected chi connectivity index (χ3v) is 2.88. The number of Topliss-reactive ketones (excluding diaryl/α,β-unsaturated/α-hetero) is 1. The van der Waals surface area contributed by atoms with Gasteiger partial charge in [-0.2, -0.15) is 0 Å². The van der Waals surface area contributed by atoms with E-state index in [1.54, 1.807) is 0 Å². The van der Waals surface area contributed by atoms with E-state index >= 15 is 0 Å². The molecule has 0 radical (unpaired) electrons. The number of ketones is 1. The average molecular weight is 252 g/mol. The SMILES string of the molecule is CC(C)(C)CC=CCCCC(=O)CCC(C)(C)C. The van der Waals surface area contributed by atoms with Crippen molar-refractivity contribution < 1.29 is 4.79 Å². The fraction of sp³-hybridized carbons (Fsp3) is 0.824. The van der Waals surface area contributed by atoms with Crippen molar-refractivity contribution in [1.82, 2.24) is 0 Å². The highest BCUT2D eigenvalue weighted by Crippen LogP contribution is 2.21. The Balaban J connectivity index is 3.58. The van der Waals surface area contributed by atoms with E-state index in [-0.39, 0.29) is 5.41 Å². The van der Waals surface area contributed by atoms with E-state index in [1.165, 1.54) is 0 Å². The lowest BCUT2D eigenvalue weighted by Gasteiger charge is -2.16. The van der Waals surface area contributed by atoms with Gasteiger partial charge in [0.05, 0.1) is 0 Å². The summed E-state index contributed by atoms with van der Waals surface area (Å²) >= 11 is 0. The van der Waals surface area contributed by atoms with Crippen LogP contribution in [0.3, 0.4) is 0 Å². The summed E-state index contributed by atoms with van der Waals surface area (Å²) in [6, 6.07) is 0. The summed E-state index contributed by atoms with van der Waals surface area (Å²) in [6.45, 7) is 13.3. The molecule has 0 bridgehead atoms. The molecule has 0 aromatic heterocycles. The average Bonchev–Trinajstić information content (AvgIpc) is 2.17. The van der Waals surface area contributed by atoms with Gasteiger partial charge in [-0.15, -0.1) is 0 Å². The highest BCUT2D eigenvalue weighted by atomic mass is 16.1. The number of hydrogen-bond donors (Lipinski definition) is 0. The molecule has 0 saturated carbocycles. The first-order chi connectivity index (χ1) is 8.10. The van der Waals surface area contributed by atoms with Crippen LogP contribution in [0, 0.1) is 10.8 Å². The number of rotatable bonds is 7. The fourth-order valence-corrected chi connectivity index (χ4v) is 1.61. The first-order valence-electron chi connectivity index (χ1n) is 7.27. The van der Waals surface area contributed by atoms with E-state index in [9.17, 15) is 4.79 Å². The molecule has 18 heavy (non-hydrogen) atoms. The zero-order valence-electron chi connectivity index (χ0n) is 13.3. The molecule has 1 nitrogen and oxygen atoms in total. The fourth-order valence-electron chi connectivity index (χ4n) is 1.61. The van der Waals surface area contributed by atoms with Crippen LogP contribution in [0.4, 0.5) is 0 Å². The Morgan fingerprint density at radius 1 is 0.889 bits per heavy atom. The first-order valence-corrected chi connectivity index (χ1v) is 7.27. The van der Waals surface area contributed by atoms with Gasteiger partial charge in [0.25, 0.3) is 0 Å². The maximum absolute atomic E-state index is 11.7. The maximum atomic E-state index is 11.7. The van der Waals surface area contributed by atoms with Gasteiger partial charge < -0.3 is 0 Å². The van der Waals surface area contributed by atoms with E-state index < -0.39 is 0 Å². The van der Waals surface area contributed by atoms with Gasteiger partial charge in [0.15, 0.2) is 0 Å². The Kier molecular flexibility index (Phi) is 7.51. The molecule has 0 rings (SSSR count). The minimum absolute atomic E-state index is 0.280. The minimum atomic E-state index is 0.280. The number of unbranched alkanes of at least 4 members (excludes halogenated alkanes) is 1. The smallest absolute Gasteiger partial charge is 0.132 e. The summed E-state index contributed by atoms with van der Waals surface area (Å²) in [6.07, 6.45) is 10.1. The molecule has 0 unspecified atom stereocenters. The molecular formula is C17H32O. The molecule has 0 spiro atoms. The van der Waals surface area contributed by atoms with Crippen LogP contribution in [0.2, 0.25) is 0 Å². The summed E-state index contributed by atoms with van der Waals surface area (Å²) < 4.78 is 0. The number of allylic oxidation sites excluding steroid dienone is 2. The quantitative estimate of drug-likeness (QED) is 0.429. The van der Waals surface area contributed by atoms with E-state index in [1.807, 2.05) is 0 Å². The normalized spacial score (nSPS) is 13.2. The summed E-state index contributed by atoms with van der Waals surface area (Å²) in [4.78, 5) is 11.7. The highest BCUT2D eigenvalue weighted by Gasteiger charge is 2.12. The van der Waals surface area contributed by atoms with Crippen LogP contribution in [0.1, 0.15) is 80.1 Å². The molecule has 0 aliphatic carbocycles. The van der Waals surface area contributed by atoms with Gasteiger partial charge in [-0.25, -0.2) is 0 Å². The van der Waals surface area contributed by atoms with Gasteiger partial charge in [-0.3, -0.25) is 4.79 Å². The van der Waals surface area contributed by atoms with Crippen molar-refractivity contribution in [2.24, 2.45) is 10.8 Å². The molecule has 0 heterocycles. The van der Waals surface area contributed by atoms with E-state index in [2.05, 4.69) is 53.7 Å². The van der Waals surface area contributed by atoms with Crippen LogP contribution in [-0.2, 0) is 4.79 Å². The highest BCUT2D eigenvalue weighted by molar-refractivity contribution is 5.78. The molecule has 0 aromatic carbocycles. The Morgan fingerprint density at radius 3 is 2.00 bits per heavy atom. The summed E-state index contributed by atoms with van der Waals surface area (Å²) in [5.74, 6) is 0.425. The van der Waals surface area contributed by atoms with Gasteiger partial charge in [0.2, 0.25) is 0 Å². The zero-order chi connectivity index (χ0) is 14.2. The van der Waals surface area contributed by atoms with Gasteiger partial charge in [-0.05, 0) is 36.5 Å². The van der Waals surface area contributed by atoms with E-state index in [0.29, 0.717) is 11.2 Å². The third-order valence-electron chi connectivity index (χ3n) is 2.88. The van der Waals surface area contributed by atoms with Gasteiger partial charge in [-0.1, -0.05) is 53.7 Å². The largest absolute Gasteiger partial charge is 0.300 e. The molecule has 1 heteroatoms. The Morgan fingerprint density at radius 2 is 1.50 bits per heavy atom. The van der Waals surface area contributed by atoms with Gasteiger partial charge in [0, 0.05) is 12.8 Å². The number of hydrogen-bond acceptors (Lipinski definition) is 1. The predicted octanol–water partition coefficient (Wildman–Crippen LogP) is 5.54. The topological polar surface area (TPSA) is 17.1 Å². The van der Waals surface area contributed by atoms with Crippen LogP contribution in [-0.4, -0.2) is 5.78 Å². The van der Waals surface area contributed by atoms with Crippen molar-refractivity contribution in [2.45, 2.75) is 80.1 Å². The second-order valence-electron chi connectivity index (χ2n) is 7.73. The van der Waals surface area contributed by atoms with Crippen molar-refractivity contribution in [3.05, 3.63) is 12.2 Å². The predicted molar refractivity (Wildman–Crippen MR) is 80.8 cm³/mol. The minimum Gasteiger partial charge on any atom is -0.300 e. The molecule has 0 fully saturated rings. The van der Waals surface area contributed by atoms with Crippen molar-refractivity contribution in [3.8, 4) is 0 Å². The van der Waals surface area contributed by atoms with Crippen molar-refractivity contribution in [3.63, 3.8) is 0 Å². The van der Waals surface area contributed by atoms with E-state index in [0.717, 1.165) is 38.5 Å². The Hall–Kier alpha value is -0.590. The lowest BCUT2D eigenvalue weighted by molar-refractivity contribution is -0.119. The molecule has 0 aromatic rings. The number of carbonyl (C=O) groups is 1. The first kappa shape index (κ1) is 17.4. The Bertz CT molecular complexity index is 260. The standard InChI is InChI=1S/C17H32O/c1-16(2,3)13-10-8-7-9-11-15(18)12-14-17(4,5)6/h8,10H,7,9,11-14H2,1-6H3. The second-order valence-corrected chi connectivity index (χ2v) is 7.73. The molecule has 106 valence electrons. The van der Waals surface area contributed by atoms with Crippen LogP contribution in [0.5, 0.6) is 0 Å². The van der Waals surface area contributed by atoms with Crippen LogP contribution in [0.25, 0.3) is 0 Å². The molecule has 0 saturated heterocycles. The van der Waals surface area contributed by atoms with Crippen LogP contribution in [0.15, 0.2) is 12.2 Å². The van der Waals surface area contributed by atoms with Gasteiger partial charge >= 0.3 is 0 Å². The summed E-state index contributed by atoms with van der Waals surface area (Å²) in [5, 5.41) is 0. The maximum Gasteiger partial charge on any atom is 0.132 e. The summed E-state index contributed by atoms with van der Waals surface area (Å²) in [5.41, 5.74) is 0.654. The van der Waals surface area contributed by atoms with E-state index in [4.69, 9.17) is 0 Å². The summed E-state index contributed by atoms with van der Waals surface area (Å²) in [7, 11) is 0. The molecule has 0 atom stereocenters. The molecular weight excluding hydrogens is 220 g/mol. The molecule has 0 amide bonds. The van der Waals surface area contributed by atoms with Crippen LogP contribution < -0.4 is 0 Å². The van der Waals surface area contributed by atoms with Crippen molar-refractivity contribution in [1.29, 1.82) is 0 Å². The van der Waals surface area contributed by atoms with Crippen molar-refractivity contribution >= 4 is 5.78 Å². The molecule has 0 N–H and O–H groups in total. The zero-order valence-corrected chi connectivity index (χ0v) is 13.3. The third kappa shape index (κ3) is 13.5. The number of carbonyl (C=O) groups excluding carboxylic acids is 1. The molecule has 0 aliphatic rings. The molecule has 0 aliphatic heterocycles.